The Morgan fingerprint density at radius 1 is 0.974 bits per heavy atom. The number of benzene rings is 3. The minimum Gasteiger partial charge on any atom is -0.352 e. The molecule has 2 amide bonds. The van der Waals surface area contributed by atoms with Crippen LogP contribution in [0.4, 0.5) is 5.69 Å². The molecule has 0 bridgehead atoms. The summed E-state index contributed by atoms with van der Waals surface area (Å²) in [5, 5.41) is 3.09. The van der Waals surface area contributed by atoms with E-state index in [1.165, 1.54) is 17.0 Å². The summed E-state index contributed by atoms with van der Waals surface area (Å²) < 4.78 is 29.4. The van der Waals surface area contributed by atoms with Gasteiger partial charge in [0.25, 0.3) is 10.0 Å². The number of hydrogen-bond donors (Lipinski definition) is 1. The first kappa shape index (κ1) is 28.8. The fourth-order valence-corrected chi connectivity index (χ4v) is 6.56. The number of amides is 2. The summed E-state index contributed by atoms with van der Waals surface area (Å²) in [4.78, 5) is 28.8. The number of rotatable bonds is 10. The highest BCUT2D eigenvalue weighted by atomic mass is 79.9. The maximum absolute atomic E-state index is 14.0. The third kappa shape index (κ3) is 7.28. The first-order chi connectivity index (χ1) is 18.6. The molecule has 39 heavy (non-hydrogen) atoms. The van der Waals surface area contributed by atoms with Crippen molar-refractivity contribution >= 4 is 43.5 Å². The molecule has 0 spiro atoms. The Morgan fingerprint density at radius 3 is 2.28 bits per heavy atom. The lowest BCUT2D eigenvalue weighted by Crippen LogP contribution is -2.52. The van der Waals surface area contributed by atoms with Crippen molar-refractivity contribution < 1.29 is 18.0 Å². The van der Waals surface area contributed by atoms with Crippen molar-refractivity contribution in [3.63, 3.8) is 0 Å². The molecule has 4 rings (SSSR count). The summed E-state index contributed by atoms with van der Waals surface area (Å²) in [7, 11) is -4.08. The molecular formula is C30H34BrN3O4S. The monoisotopic (exact) mass is 611 g/mol. The average molecular weight is 613 g/mol. The van der Waals surface area contributed by atoms with E-state index in [0.717, 1.165) is 41.1 Å². The van der Waals surface area contributed by atoms with Crippen LogP contribution in [0.1, 0.15) is 43.7 Å². The zero-order chi connectivity index (χ0) is 28.0. The molecule has 1 N–H and O–H groups in total. The highest BCUT2D eigenvalue weighted by molar-refractivity contribution is 9.10. The Morgan fingerprint density at radius 2 is 1.64 bits per heavy atom. The van der Waals surface area contributed by atoms with E-state index in [1.807, 2.05) is 31.2 Å². The smallest absolute Gasteiger partial charge is 0.264 e. The molecular weight excluding hydrogens is 578 g/mol. The molecule has 7 nitrogen and oxygen atoms in total. The zero-order valence-corrected chi connectivity index (χ0v) is 24.6. The summed E-state index contributed by atoms with van der Waals surface area (Å²) in [5.74, 6) is -0.702. The van der Waals surface area contributed by atoms with Gasteiger partial charge in [-0.2, -0.15) is 0 Å². The Labute approximate surface area is 239 Å². The van der Waals surface area contributed by atoms with Gasteiger partial charge in [0.15, 0.2) is 0 Å². The van der Waals surface area contributed by atoms with Crippen molar-refractivity contribution in [2.24, 2.45) is 0 Å². The maximum Gasteiger partial charge on any atom is 0.264 e. The van der Waals surface area contributed by atoms with E-state index in [-0.39, 0.29) is 23.4 Å². The molecule has 1 aliphatic rings. The Kier molecular flexibility index (Phi) is 9.45. The Bertz CT molecular complexity index is 1390. The van der Waals surface area contributed by atoms with Gasteiger partial charge in [-0.05, 0) is 62.6 Å². The molecule has 1 saturated carbocycles. The van der Waals surface area contributed by atoms with E-state index in [1.54, 1.807) is 49.4 Å². The highest BCUT2D eigenvalue weighted by Gasteiger charge is 2.33. The van der Waals surface area contributed by atoms with Crippen LogP contribution in [-0.2, 0) is 26.2 Å². The van der Waals surface area contributed by atoms with Crippen molar-refractivity contribution in [2.45, 2.75) is 63.1 Å². The standard InChI is InChI=1S/C30H34BrN3O4S/c1-22-15-17-24(18-16-22)20-33(23(2)30(36)32-26-10-6-7-11-26)29(35)21-34(27-12-8-9-25(31)19-27)39(37,38)28-13-4-3-5-14-28/h3-5,8-9,12-19,23,26H,6-7,10-11,20-21H2,1-2H3,(H,32,36)/t23-/m1/s1. The Balaban J connectivity index is 1.67. The fourth-order valence-electron chi connectivity index (χ4n) is 4.74. The zero-order valence-electron chi connectivity index (χ0n) is 22.2. The van der Waals surface area contributed by atoms with Crippen LogP contribution in [0.5, 0.6) is 0 Å². The van der Waals surface area contributed by atoms with Gasteiger partial charge >= 0.3 is 0 Å². The number of hydrogen-bond acceptors (Lipinski definition) is 4. The summed E-state index contributed by atoms with van der Waals surface area (Å²) >= 11 is 3.41. The summed E-state index contributed by atoms with van der Waals surface area (Å²) in [6.07, 6.45) is 4.00. The van der Waals surface area contributed by atoms with Crippen molar-refractivity contribution in [1.29, 1.82) is 0 Å². The second-order valence-corrected chi connectivity index (χ2v) is 12.8. The second-order valence-electron chi connectivity index (χ2n) is 9.98. The number of carbonyl (C=O) groups is 2. The number of sulfonamides is 1. The first-order valence-electron chi connectivity index (χ1n) is 13.1. The predicted molar refractivity (Wildman–Crippen MR) is 157 cm³/mol. The van der Waals surface area contributed by atoms with E-state index in [2.05, 4.69) is 21.2 Å². The van der Waals surface area contributed by atoms with Crippen molar-refractivity contribution in [3.8, 4) is 0 Å². The fraction of sp³-hybridized carbons (Fsp3) is 0.333. The third-order valence-electron chi connectivity index (χ3n) is 7.05. The van der Waals surface area contributed by atoms with Gasteiger partial charge in [-0.3, -0.25) is 13.9 Å². The van der Waals surface area contributed by atoms with Crippen LogP contribution in [0.3, 0.4) is 0 Å². The minimum atomic E-state index is -4.08. The van der Waals surface area contributed by atoms with E-state index >= 15 is 0 Å². The van der Waals surface area contributed by atoms with E-state index in [4.69, 9.17) is 0 Å². The van der Waals surface area contributed by atoms with E-state index in [0.29, 0.717) is 10.2 Å². The van der Waals surface area contributed by atoms with Gasteiger partial charge in [0.1, 0.15) is 12.6 Å². The van der Waals surface area contributed by atoms with E-state index < -0.39 is 28.5 Å². The molecule has 206 valence electrons. The summed E-state index contributed by atoms with van der Waals surface area (Å²) in [6, 6.07) is 21.9. The third-order valence-corrected chi connectivity index (χ3v) is 9.33. The van der Waals surface area contributed by atoms with Crippen molar-refractivity contribution in [3.05, 3.63) is 94.5 Å². The number of nitrogens with one attached hydrogen (secondary N) is 1. The van der Waals surface area contributed by atoms with Crippen LogP contribution in [0.15, 0.2) is 88.2 Å². The number of aryl methyl sites for hydroxylation is 1. The lowest BCUT2D eigenvalue weighted by molar-refractivity contribution is -0.139. The SMILES string of the molecule is Cc1ccc(CN(C(=O)CN(c2cccc(Br)c2)S(=O)(=O)c2ccccc2)[C@H](C)C(=O)NC2CCCC2)cc1. The molecule has 1 fully saturated rings. The van der Waals surface area contributed by atoms with Crippen LogP contribution in [0.25, 0.3) is 0 Å². The van der Waals surface area contributed by atoms with Gasteiger partial charge in [0.2, 0.25) is 11.8 Å². The molecule has 0 heterocycles. The van der Waals surface area contributed by atoms with Crippen LogP contribution in [0, 0.1) is 6.92 Å². The predicted octanol–water partition coefficient (Wildman–Crippen LogP) is 5.43. The maximum atomic E-state index is 14.0. The van der Waals surface area contributed by atoms with Crippen molar-refractivity contribution in [1.82, 2.24) is 10.2 Å². The quantitative estimate of drug-likeness (QED) is 0.331. The summed E-state index contributed by atoms with van der Waals surface area (Å²) in [6.45, 7) is 3.40. The average Bonchev–Trinajstić information content (AvgIpc) is 3.44. The van der Waals surface area contributed by atoms with Gasteiger partial charge in [-0.25, -0.2) is 8.42 Å². The van der Waals surface area contributed by atoms with Gasteiger partial charge < -0.3 is 10.2 Å². The molecule has 0 aliphatic heterocycles. The van der Waals surface area contributed by atoms with Gasteiger partial charge in [-0.1, -0.05) is 82.9 Å². The van der Waals surface area contributed by atoms with Crippen LogP contribution in [0.2, 0.25) is 0 Å². The van der Waals surface area contributed by atoms with E-state index in [9.17, 15) is 18.0 Å². The van der Waals surface area contributed by atoms with Crippen molar-refractivity contribution in [2.75, 3.05) is 10.8 Å². The minimum absolute atomic E-state index is 0.0786. The molecule has 1 aliphatic carbocycles. The first-order valence-corrected chi connectivity index (χ1v) is 15.4. The lowest BCUT2D eigenvalue weighted by Gasteiger charge is -2.32. The molecule has 0 aromatic heterocycles. The molecule has 3 aromatic carbocycles. The van der Waals surface area contributed by atoms with Crippen LogP contribution < -0.4 is 9.62 Å². The van der Waals surface area contributed by atoms with Gasteiger partial charge in [0.05, 0.1) is 10.6 Å². The lowest BCUT2D eigenvalue weighted by atomic mass is 10.1. The highest BCUT2D eigenvalue weighted by Crippen LogP contribution is 2.27. The molecule has 0 unspecified atom stereocenters. The number of halogens is 1. The summed E-state index contributed by atoms with van der Waals surface area (Å²) in [5.41, 5.74) is 2.28. The molecule has 3 aromatic rings. The topological polar surface area (TPSA) is 86.8 Å². The van der Waals surface area contributed by atoms with Crippen LogP contribution in [-0.4, -0.2) is 43.8 Å². The Hall–Kier alpha value is -3.17. The largest absolute Gasteiger partial charge is 0.352 e. The second kappa shape index (κ2) is 12.8. The molecule has 0 radical (unpaired) electrons. The van der Waals surface area contributed by atoms with Gasteiger partial charge in [-0.15, -0.1) is 0 Å². The molecule has 0 saturated heterocycles. The van der Waals surface area contributed by atoms with Crippen LogP contribution >= 0.6 is 15.9 Å². The normalized spacial score (nSPS) is 14.5. The van der Waals surface area contributed by atoms with Gasteiger partial charge in [0, 0.05) is 17.1 Å². The molecule has 9 heteroatoms. The number of nitrogens with zero attached hydrogens (tertiary/aromatic N) is 2. The molecule has 1 atom stereocenters. The number of anilines is 1. The number of carbonyl (C=O) groups excluding carboxylic acids is 2.